The summed E-state index contributed by atoms with van der Waals surface area (Å²) in [5.41, 5.74) is 0.727. The van der Waals surface area contributed by atoms with E-state index in [2.05, 4.69) is 10.6 Å². The largest absolute Gasteiger partial charge is 0.497 e. The summed E-state index contributed by atoms with van der Waals surface area (Å²) in [6.45, 7) is 3.97. The Labute approximate surface area is 149 Å². The van der Waals surface area contributed by atoms with Gasteiger partial charge in [-0.2, -0.15) is 0 Å². The van der Waals surface area contributed by atoms with Crippen LogP contribution in [0.1, 0.15) is 45.1 Å². The van der Waals surface area contributed by atoms with Crippen molar-refractivity contribution in [3.05, 3.63) is 29.8 Å². The van der Waals surface area contributed by atoms with E-state index in [4.69, 9.17) is 9.84 Å². The van der Waals surface area contributed by atoms with E-state index < -0.39 is 11.5 Å². The maximum absolute atomic E-state index is 12.3. The number of carboxylic acids is 1. The van der Waals surface area contributed by atoms with Crippen molar-refractivity contribution in [2.45, 2.75) is 57.5 Å². The van der Waals surface area contributed by atoms with E-state index in [0.29, 0.717) is 32.1 Å². The summed E-state index contributed by atoms with van der Waals surface area (Å²) in [7, 11) is 1.63. The molecule has 0 spiro atoms. The lowest BCUT2D eigenvalue weighted by Gasteiger charge is -2.30. The van der Waals surface area contributed by atoms with Gasteiger partial charge < -0.3 is 20.5 Å². The predicted molar refractivity (Wildman–Crippen MR) is 95.8 cm³/mol. The van der Waals surface area contributed by atoms with Gasteiger partial charge in [0.05, 0.1) is 13.0 Å². The van der Waals surface area contributed by atoms with E-state index in [-0.39, 0.29) is 18.0 Å². The van der Waals surface area contributed by atoms with Crippen LogP contribution >= 0.6 is 0 Å². The molecule has 0 saturated heterocycles. The Bertz CT molecular complexity index is 590. The van der Waals surface area contributed by atoms with Crippen LogP contribution in [0.15, 0.2) is 24.3 Å². The molecule has 25 heavy (non-hydrogen) atoms. The zero-order valence-electron chi connectivity index (χ0n) is 15.2. The maximum Gasteiger partial charge on any atom is 0.315 e. The number of carboxylic acid groups (broad SMARTS) is 1. The molecular formula is C19H28N2O4. The second-order valence-electron chi connectivity index (χ2n) is 7.39. The highest BCUT2D eigenvalue weighted by atomic mass is 16.5. The van der Waals surface area contributed by atoms with Crippen LogP contribution in [-0.4, -0.2) is 35.8 Å². The molecule has 0 aromatic heterocycles. The number of urea groups is 1. The highest BCUT2D eigenvalue weighted by Gasteiger charge is 2.28. The Kier molecular flexibility index (Phi) is 6.28. The number of amides is 2. The van der Waals surface area contributed by atoms with Crippen molar-refractivity contribution in [3.63, 3.8) is 0 Å². The number of carbonyl (C=O) groups is 2. The zero-order chi connectivity index (χ0) is 18.4. The molecule has 0 unspecified atom stereocenters. The van der Waals surface area contributed by atoms with Crippen LogP contribution in [0.25, 0.3) is 0 Å². The van der Waals surface area contributed by atoms with Crippen LogP contribution in [0.3, 0.4) is 0 Å². The first-order valence-electron chi connectivity index (χ1n) is 8.73. The van der Waals surface area contributed by atoms with Crippen LogP contribution in [0.2, 0.25) is 0 Å². The van der Waals surface area contributed by atoms with Crippen molar-refractivity contribution < 1.29 is 19.4 Å². The number of ether oxygens (including phenoxy) is 1. The van der Waals surface area contributed by atoms with Crippen LogP contribution in [0.5, 0.6) is 5.75 Å². The Morgan fingerprint density at radius 1 is 1.16 bits per heavy atom. The van der Waals surface area contributed by atoms with Gasteiger partial charge in [0.2, 0.25) is 0 Å². The lowest BCUT2D eigenvalue weighted by molar-refractivity contribution is -0.142. The van der Waals surface area contributed by atoms with Crippen molar-refractivity contribution in [2.75, 3.05) is 7.11 Å². The summed E-state index contributed by atoms with van der Waals surface area (Å²) < 4.78 is 5.15. The number of methoxy groups -OCH3 is 1. The number of aliphatic carboxylic acids is 1. The average molecular weight is 348 g/mol. The molecule has 1 aliphatic rings. The molecule has 138 valence electrons. The Balaban J connectivity index is 1.81. The van der Waals surface area contributed by atoms with E-state index in [1.165, 1.54) is 0 Å². The number of hydrogen-bond acceptors (Lipinski definition) is 3. The lowest BCUT2D eigenvalue weighted by atomic mass is 9.86. The van der Waals surface area contributed by atoms with Gasteiger partial charge in [-0.15, -0.1) is 0 Å². The molecule has 2 amide bonds. The third-order valence-corrected chi connectivity index (χ3v) is 4.67. The molecule has 6 nitrogen and oxygen atoms in total. The minimum absolute atomic E-state index is 0.0485. The van der Waals surface area contributed by atoms with Crippen LogP contribution in [0.4, 0.5) is 4.79 Å². The quantitative estimate of drug-likeness (QED) is 0.737. The summed E-state index contributed by atoms with van der Waals surface area (Å²) in [5, 5.41) is 15.0. The molecule has 0 radical (unpaired) electrons. The second-order valence-corrected chi connectivity index (χ2v) is 7.39. The third-order valence-electron chi connectivity index (χ3n) is 4.67. The van der Waals surface area contributed by atoms with Gasteiger partial charge in [-0.05, 0) is 63.6 Å². The van der Waals surface area contributed by atoms with Crippen LogP contribution in [-0.2, 0) is 11.2 Å². The molecule has 6 heteroatoms. The zero-order valence-corrected chi connectivity index (χ0v) is 15.2. The van der Waals surface area contributed by atoms with Crippen LogP contribution < -0.4 is 15.4 Å². The van der Waals surface area contributed by atoms with Crippen molar-refractivity contribution in [1.29, 1.82) is 0 Å². The van der Waals surface area contributed by atoms with Crippen molar-refractivity contribution in [2.24, 2.45) is 5.92 Å². The first-order valence-corrected chi connectivity index (χ1v) is 8.73. The van der Waals surface area contributed by atoms with Gasteiger partial charge >= 0.3 is 12.0 Å². The highest BCUT2D eigenvalue weighted by Crippen LogP contribution is 2.24. The highest BCUT2D eigenvalue weighted by molar-refractivity contribution is 5.75. The monoisotopic (exact) mass is 348 g/mol. The SMILES string of the molecule is COc1ccc(CC(C)(C)NC(=O)NC2CCC(C(=O)O)CC2)cc1. The normalized spacial score (nSPS) is 20.6. The molecule has 0 atom stereocenters. The summed E-state index contributed by atoms with van der Waals surface area (Å²) in [4.78, 5) is 23.3. The Morgan fingerprint density at radius 2 is 1.76 bits per heavy atom. The molecule has 2 rings (SSSR count). The molecule has 0 bridgehead atoms. The second kappa shape index (κ2) is 8.23. The van der Waals surface area contributed by atoms with Crippen LogP contribution in [0, 0.1) is 5.92 Å². The number of carbonyl (C=O) groups excluding carboxylic acids is 1. The number of nitrogens with one attached hydrogen (secondary N) is 2. The Morgan fingerprint density at radius 3 is 2.28 bits per heavy atom. The minimum atomic E-state index is -0.733. The van der Waals surface area contributed by atoms with E-state index in [1.807, 2.05) is 38.1 Å². The summed E-state index contributed by atoms with van der Waals surface area (Å²) >= 11 is 0. The third kappa shape index (κ3) is 5.96. The fourth-order valence-electron chi connectivity index (χ4n) is 3.31. The summed E-state index contributed by atoms with van der Waals surface area (Å²) in [6.07, 6.45) is 3.37. The Hall–Kier alpha value is -2.24. The van der Waals surface area contributed by atoms with E-state index >= 15 is 0 Å². The molecule has 3 N–H and O–H groups in total. The average Bonchev–Trinajstić information content (AvgIpc) is 2.55. The topological polar surface area (TPSA) is 87.7 Å². The van der Waals surface area contributed by atoms with Gasteiger partial charge in [0.1, 0.15) is 5.75 Å². The van der Waals surface area contributed by atoms with E-state index in [0.717, 1.165) is 11.3 Å². The lowest BCUT2D eigenvalue weighted by Crippen LogP contribution is -2.52. The van der Waals surface area contributed by atoms with Crippen molar-refractivity contribution in [1.82, 2.24) is 10.6 Å². The van der Waals surface area contributed by atoms with E-state index in [9.17, 15) is 9.59 Å². The van der Waals surface area contributed by atoms with Gasteiger partial charge in [0, 0.05) is 11.6 Å². The fourth-order valence-corrected chi connectivity index (χ4v) is 3.31. The standard InChI is InChI=1S/C19H28N2O4/c1-19(2,12-13-4-10-16(25-3)11-5-13)21-18(24)20-15-8-6-14(7-9-15)17(22)23/h4-5,10-11,14-15H,6-9,12H2,1-3H3,(H,22,23)(H2,20,21,24). The number of benzene rings is 1. The van der Waals surface area contributed by atoms with Gasteiger partial charge in [-0.1, -0.05) is 12.1 Å². The molecule has 0 aliphatic heterocycles. The summed E-state index contributed by atoms with van der Waals surface area (Å²) in [5.74, 6) is -0.194. The van der Waals surface area contributed by atoms with Gasteiger partial charge in [0.15, 0.2) is 0 Å². The first kappa shape index (κ1) is 19.1. The fraction of sp³-hybridized carbons (Fsp3) is 0.579. The molecule has 1 aromatic carbocycles. The summed E-state index contributed by atoms with van der Waals surface area (Å²) in [6, 6.07) is 7.66. The minimum Gasteiger partial charge on any atom is -0.497 e. The van der Waals surface area contributed by atoms with Gasteiger partial charge in [0.25, 0.3) is 0 Å². The van der Waals surface area contributed by atoms with Gasteiger partial charge in [-0.25, -0.2) is 4.79 Å². The van der Waals surface area contributed by atoms with Crippen molar-refractivity contribution >= 4 is 12.0 Å². The molecule has 1 aromatic rings. The number of hydrogen-bond donors (Lipinski definition) is 3. The number of rotatable bonds is 6. The molecule has 1 fully saturated rings. The van der Waals surface area contributed by atoms with E-state index in [1.54, 1.807) is 7.11 Å². The molecule has 1 saturated carbocycles. The smallest absolute Gasteiger partial charge is 0.315 e. The first-order chi connectivity index (χ1) is 11.8. The van der Waals surface area contributed by atoms with Crippen molar-refractivity contribution in [3.8, 4) is 5.75 Å². The van der Waals surface area contributed by atoms with Gasteiger partial charge in [-0.3, -0.25) is 4.79 Å². The maximum atomic E-state index is 12.3. The predicted octanol–water partition coefficient (Wildman–Crippen LogP) is 2.96. The molecule has 0 heterocycles. The molecule has 1 aliphatic carbocycles. The molecular weight excluding hydrogens is 320 g/mol.